The van der Waals surface area contributed by atoms with Gasteiger partial charge in [-0.1, -0.05) is 0 Å². The van der Waals surface area contributed by atoms with E-state index < -0.39 is 0 Å². The highest BCUT2D eigenvalue weighted by Crippen LogP contribution is 2.31. The van der Waals surface area contributed by atoms with Gasteiger partial charge in [-0.05, 0) is 52.0 Å². The molecule has 4 nitrogen and oxygen atoms in total. The van der Waals surface area contributed by atoms with E-state index in [-0.39, 0.29) is 0 Å². The molecule has 1 aliphatic heterocycles. The van der Waals surface area contributed by atoms with Crippen LogP contribution in [0, 0.1) is 19.8 Å². The number of nitrogens with one attached hydrogen (secondary N) is 1. The van der Waals surface area contributed by atoms with Crippen LogP contribution in [0.3, 0.4) is 0 Å². The van der Waals surface area contributed by atoms with Crippen molar-refractivity contribution in [3.63, 3.8) is 0 Å². The van der Waals surface area contributed by atoms with Crippen molar-refractivity contribution < 1.29 is 0 Å². The van der Waals surface area contributed by atoms with E-state index in [1.807, 2.05) is 4.68 Å². The zero-order valence-electron chi connectivity index (χ0n) is 13.2. The van der Waals surface area contributed by atoms with E-state index in [1.165, 1.54) is 62.3 Å². The first-order chi connectivity index (χ1) is 9.63. The van der Waals surface area contributed by atoms with Gasteiger partial charge in [0.05, 0.1) is 5.69 Å². The van der Waals surface area contributed by atoms with Crippen LogP contribution in [0.4, 0.5) is 0 Å². The molecule has 1 N–H and O–H groups in total. The third kappa shape index (κ3) is 3.23. The van der Waals surface area contributed by atoms with Crippen LogP contribution in [0.1, 0.15) is 42.6 Å². The Morgan fingerprint density at radius 2 is 2.05 bits per heavy atom. The van der Waals surface area contributed by atoms with E-state index in [0.29, 0.717) is 6.04 Å². The summed E-state index contributed by atoms with van der Waals surface area (Å²) >= 11 is 0. The molecule has 1 aromatic rings. The summed E-state index contributed by atoms with van der Waals surface area (Å²) in [7, 11) is 2.05. The molecule has 2 aliphatic rings. The molecule has 1 aromatic heterocycles. The second kappa shape index (κ2) is 5.86. The maximum Gasteiger partial charge on any atom is 0.0641 e. The first-order valence-corrected chi connectivity index (χ1v) is 8.08. The molecule has 0 bridgehead atoms. The Kier molecular flexibility index (Phi) is 4.13. The van der Waals surface area contributed by atoms with Crippen molar-refractivity contribution >= 4 is 0 Å². The lowest BCUT2D eigenvalue weighted by Gasteiger charge is -2.26. The number of hydrogen-bond acceptors (Lipinski definition) is 3. The van der Waals surface area contributed by atoms with Crippen molar-refractivity contribution in [2.24, 2.45) is 13.0 Å². The minimum atomic E-state index is 0.700. The largest absolute Gasteiger partial charge is 0.313 e. The van der Waals surface area contributed by atoms with Gasteiger partial charge in [0.1, 0.15) is 0 Å². The van der Waals surface area contributed by atoms with Gasteiger partial charge in [0.25, 0.3) is 0 Å². The monoisotopic (exact) mass is 276 g/mol. The van der Waals surface area contributed by atoms with Gasteiger partial charge < -0.3 is 5.32 Å². The summed E-state index contributed by atoms with van der Waals surface area (Å²) in [5.41, 5.74) is 3.96. The average Bonchev–Trinajstić information content (AvgIpc) is 3.01. The fourth-order valence-corrected chi connectivity index (χ4v) is 3.36. The van der Waals surface area contributed by atoms with Crippen molar-refractivity contribution in [1.82, 2.24) is 20.0 Å². The lowest BCUT2D eigenvalue weighted by Crippen LogP contribution is -2.38. The summed E-state index contributed by atoms with van der Waals surface area (Å²) in [5, 5.41) is 8.20. The molecular weight excluding hydrogens is 248 g/mol. The number of hydrogen-bond donors (Lipinski definition) is 1. The predicted molar refractivity (Wildman–Crippen MR) is 81.7 cm³/mol. The Bertz CT molecular complexity index is 455. The predicted octanol–water partition coefficient (Wildman–Crippen LogP) is 2.00. The van der Waals surface area contributed by atoms with Crippen molar-refractivity contribution in [2.75, 3.05) is 19.6 Å². The van der Waals surface area contributed by atoms with Gasteiger partial charge in [-0.2, -0.15) is 5.10 Å². The number of rotatable bonds is 6. The molecule has 0 radical (unpaired) electrons. The van der Waals surface area contributed by atoms with Crippen LogP contribution in [-0.4, -0.2) is 40.4 Å². The molecule has 1 saturated carbocycles. The van der Waals surface area contributed by atoms with Gasteiger partial charge in [-0.15, -0.1) is 0 Å². The van der Waals surface area contributed by atoms with Crippen molar-refractivity contribution in [3.8, 4) is 0 Å². The smallest absolute Gasteiger partial charge is 0.0641 e. The van der Waals surface area contributed by atoms with Gasteiger partial charge in [-0.3, -0.25) is 9.58 Å². The van der Waals surface area contributed by atoms with Crippen LogP contribution >= 0.6 is 0 Å². The summed E-state index contributed by atoms with van der Waals surface area (Å²) in [4.78, 5) is 2.66. The second-order valence-corrected chi connectivity index (χ2v) is 6.70. The van der Waals surface area contributed by atoms with Crippen LogP contribution in [0.25, 0.3) is 0 Å². The normalized spacial score (nSPS) is 22.9. The summed E-state index contributed by atoms with van der Waals surface area (Å²) < 4.78 is 2.02. The van der Waals surface area contributed by atoms with Crippen molar-refractivity contribution in [3.05, 3.63) is 17.0 Å². The van der Waals surface area contributed by atoms with Gasteiger partial charge in [0.2, 0.25) is 0 Å². The number of nitrogens with zero attached hydrogens (tertiary/aromatic N) is 3. The summed E-state index contributed by atoms with van der Waals surface area (Å²) in [6.45, 7) is 9.08. The Hall–Kier alpha value is -0.870. The fourth-order valence-electron chi connectivity index (χ4n) is 3.36. The Morgan fingerprint density at radius 3 is 2.60 bits per heavy atom. The molecule has 0 spiro atoms. The van der Waals surface area contributed by atoms with E-state index in [2.05, 4.69) is 36.2 Å². The molecule has 0 amide bonds. The van der Waals surface area contributed by atoms with E-state index in [0.717, 1.165) is 12.5 Å². The minimum Gasteiger partial charge on any atom is -0.313 e. The minimum absolute atomic E-state index is 0.700. The topological polar surface area (TPSA) is 33.1 Å². The Balaban J connectivity index is 1.67. The quantitative estimate of drug-likeness (QED) is 0.863. The number of aromatic nitrogens is 2. The van der Waals surface area contributed by atoms with Gasteiger partial charge in [0.15, 0.2) is 0 Å². The molecule has 2 heterocycles. The van der Waals surface area contributed by atoms with E-state index in [1.54, 1.807) is 0 Å². The molecule has 112 valence electrons. The SMILES string of the molecule is Cc1nn(C)c(C)c1CN(CC1CC1)CC1CCCN1. The maximum absolute atomic E-state index is 4.56. The van der Waals surface area contributed by atoms with Crippen LogP contribution in [0.2, 0.25) is 0 Å². The molecule has 1 atom stereocenters. The lowest BCUT2D eigenvalue weighted by atomic mass is 10.1. The molecule has 3 rings (SSSR count). The first-order valence-electron chi connectivity index (χ1n) is 8.08. The van der Waals surface area contributed by atoms with E-state index in [4.69, 9.17) is 0 Å². The highest BCUT2D eigenvalue weighted by molar-refractivity contribution is 5.24. The van der Waals surface area contributed by atoms with Crippen molar-refractivity contribution in [1.29, 1.82) is 0 Å². The van der Waals surface area contributed by atoms with E-state index in [9.17, 15) is 0 Å². The zero-order chi connectivity index (χ0) is 14.1. The fraction of sp³-hybridized carbons (Fsp3) is 0.812. The molecule has 2 fully saturated rings. The molecule has 1 saturated heterocycles. The van der Waals surface area contributed by atoms with Crippen LogP contribution in [-0.2, 0) is 13.6 Å². The average molecular weight is 276 g/mol. The molecule has 20 heavy (non-hydrogen) atoms. The Morgan fingerprint density at radius 1 is 1.25 bits per heavy atom. The lowest BCUT2D eigenvalue weighted by molar-refractivity contribution is 0.231. The highest BCUT2D eigenvalue weighted by atomic mass is 15.3. The molecule has 1 aliphatic carbocycles. The summed E-state index contributed by atoms with van der Waals surface area (Å²) in [5.74, 6) is 0.952. The molecule has 0 aromatic carbocycles. The first kappa shape index (κ1) is 14.1. The summed E-state index contributed by atoms with van der Waals surface area (Å²) in [6.07, 6.45) is 5.54. The van der Waals surface area contributed by atoms with Gasteiger partial charge in [-0.25, -0.2) is 0 Å². The molecule has 4 heteroatoms. The Labute approximate surface area is 122 Å². The van der Waals surface area contributed by atoms with Crippen molar-refractivity contribution in [2.45, 2.75) is 52.1 Å². The third-order valence-electron chi connectivity index (χ3n) is 4.89. The molecular formula is C16H28N4. The molecule has 1 unspecified atom stereocenters. The standard InChI is InChI=1S/C16H28N4/c1-12-16(13(2)19(3)18-12)11-20(9-14-6-7-14)10-15-5-4-8-17-15/h14-15,17H,4-11H2,1-3H3. The second-order valence-electron chi connectivity index (χ2n) is 6.70. The zero-order valence-corrected chi connectivity index (χ0v) is 13.2. The van der Waals surface area contributed by atoms with E-state index >= 15 is 0 Å². The van der Waals surface area contributed by atoms with Crippen LogP contribution < -0.4 is 5.32 Å². The van der Waals surface area contributed by atoms with Crippen LogP contribution in [0.5, 0.6) is 0 Å². The number of aryl methyl sites for hydroxylation is 2. The van der Waals surface area contributed by atoms with Gasteiger partial charge in [0, 0.05) is 44.0 Å². The third-order valence-corrected chi connectivity index (χ3v) is 4.89. The maximum atomic E-state index is 4.56. The van der Waals surface area contributed by atoms with Gasteiger partial charge >= 0.3 is 0 Å². The highest BCUT2D eigenvalue weighted by Gasteiger charge is 2.27. The summed E-state index contributed by atoms with van der Waals surface area (Å²) in [6, 6.07) is 0.700. The van der Waals surface area contributed by atoms with Crippen LogP contribution in [0.15, 0.2) is 0 Å².